The lowest BCUT2D eigenvalue weighted by molar-refractivity contribution is -0.252. The van der Waals surface area contributed by atoms with Crippen LogP contribution in [0.4, 0.5) is 0 Å². The Balaban J connectivity index is 2.12. The van der Waals surface area contributed by atoms with Crippen LogP contribution in [0.25, 0.3) is 10.4 Å². The highest BCUT2D eigenvalue weighted by atomic mass is 16.6. The summed E-state index contributed by atoms with van der Waals surface area (Å²) in [5.41, 5.74) is 8.33. The third-order valence-corrected chi connectivity index (χ3v) is 3.13. The standard InChI is InChI=1S/C9H13N3O6/c10-12-11-3-1-4-7(17-2-3)5(13)6(14)8(18-4)9(15)16/h3-8,13-14H,1-2H2,(H,15,16)/t3-,4+,5+,6+,7+,8+/m1/s1. The fourth-order valence-electron chi connectivity index (χ4n) is 2.25. The second-order valence-electron chi connectivity index (χ2n) is 4.31. The smallest absolute Gasteiger partial charge is 0.335 e. The lowest BCUT2D eigenvalue weighted by Crippen LogP contribution is -2.62. The molecule has 9 nitrogen and oxygen atoms in total. The lowest BCUT2D eigenvalue weighted by Gasteiger charge is -2.44. The number of aliphatic hydroxyl groups excluding tert-OH is 2. The van der Waals surface area contributed by atoms with E-state index < -0.39 is 42.5 Å². The van der Waals surface area contributed by atoms with Crippen molar-refractivity contribution in [2.75, 3.05) is 6.61 Å². The summed E-state index contributed by atoms with van der Waals surface area (Å²) in [4.78, 5) is 13.5. The zero-order valence-electron chi connectivity index (χ0n) is 9.29. The maximum atomic E-state index is 10.9. The van der Waals surface area contributed by atoms with Gasteiger partial charge in [-0.25, -0.2) is 4.79 Å². The van der Waals surface area contributed by atoms with Gasteiger partial charge >= 0.3 is 5.97 Å². The van der Waals surface area contributed by atoms with Crippen molar-refractivity contribution in [1.29, 1.82) is 0 Å². The van der Waals surface area contributed by atoms with Crippen molar-refractivity contribution in [3.05, 3.63) is 10.4 Å². The van der Waals surface area contributed by atoms with Crippen molar-refractivity contribution in [3.8, 4) is 0 Å². The van der Waals surface area contributed by atoms with Gasteiger partial charge < -0.3 is 24.8 Å². The Bertz CT molecular complexity index is 384. The molecule has 2 heterocycles. The molecule has 2 fully saturated rings. The van der Waals surface area contributed by atoms with Crippen molar-refractivity contribution in [3.63, 3.8) is 0 Å². The average Bonchev–Trinajstić information content (AvgIpc) is 2.33. The van der Waals surface area contributed by atoms with E-state index in [4.69, 9.17) is 20.1 Å². The van der Waals surface area contributed by atoms with Crippen molar-refractivity contribution >= 4 is 5.97 Å². The van der Waals surface area contributed by atoms with Crippen LogP contribution >= 0.6 is 0 Å². The average molecular weight is 259 g/mol. The normalized spacial score (nSPS) is 43.7. The molecule has 2 aliphatic heterocycles. The van der Waals surface area contributed by atoms with Gasteiger partial charge in [0.25, 0.3) is 0 Å². The molecule has 3 N–H and O–H groups in total. The van der Waals surface area contributed by atoms with Gasteiger partial charge in [-0.1, -0.05) is 5.11 Å². The van der Waals surface area contributed by atoms with E-state index in [-0.39, 0.29) is 13.0 Å². The molecule has 100 valence electrons. The predicted octanol–water partition coefficient (Wildman–Crippen LogP) is -0.972. The molecule has 0 spiro atoms. The largest absolute Gasteiger partial charge is 0.479 e. The molecule has 0 aromatic heterocycles. The molecule has 0 aliphatic carbocycles. The summed E-state index contributed by atoms with van der Waals surface area (Å²) in [7, 11) is 0. The number of carbonyl (C=O) groups is 1. The molecule has 0 amide bonds. The van der Waals surface area contributed by atoms with E-state index in [0.29, 0.717) is 0 Å². The van der Waals surface area contributed by atoms with Gasteiger partial charge in [0, 0.05) is 4.91 Å². The first-order chi connectivity index (χ1) is 8.54. The maximum Gasteiger partial charge on any atom is 0.335 e. The monoisotopic (exact) mass is 259 g/mol. The number of hydrogen-bond donors (Lipinski definition) is 3. The van der Waals surface area contributed by atoms with Crippen LogP contribution in [0, 0.1) is 0 Å². The second-order valence-corrected chi connectivity index (χ2v) is 4.31. The Morgan fingerprint density at radius 3 is 2.72 bits per heavy atom. The van der Waals surface area contributed by atoms with Crippen LogP contribution in [0.3, 0.4) is 0 Å². The number of hydrogen-bond acceptors (Lipinski definition) is 6. The zero-order chi connectivity index (χ0) is 13.3. The van der Waals surface area contributed by atoms with Gasteiger partial charge in [0.15, 0.2) is 6.10 Å². The molecular formula is C9H13N3O6. The Morgan fingerprint density at radius 2 is 2.11 bits per heavy atom. The van der Waals surface area contributed by atoms with Gasteiger partial charge in [0.2, 0.25) is 0 Å². The van der Waals surface area contributed by atoms with E-state index in [1.54, 1.807) is 0 Å². The van der Waals surface area contributed by atoms with E-state index in [1.807, 2.05) is 0 Å². The minimum Gasteiger partial charge on any atom is -0.479 e. The van der Waals surface area contributed by atoms with Gasteiger partial charge in [-0.15, -0.1) is 0 Å². The molecule has 0 aromatic rings. The molecule has 0 aromatic carbocycles. The third kappa shape index (κ3) is 2.26. The summed E-state index contributed by atoms with van der Waals surface area (Å²) >= 11 is 0. The molecular weight excluding hydrogens is 246 g/mol. The molecule has 0 bridgehead atoms. The molecule has 6 atom stereocenters. The SMILES string of the molecule is [N-]=[N+]=N[C@H]1CO[C@@H]2[C@@H](O)[C@H](O)[C@@H](C(=O)O)O[C@H]2C1. The number of carboxylic acids is 1. The van der Waals surface area contributed by atoms with E-state index in [1.165, 1.54) is 0 Å². The number of rotatable bonds is 2. The van der Waals surface area contributed by atoms with Gasteiger partial charge in [-0.05, 0) is 12.0 Å². The van der Waals surface area contributed by atoms with E-state index >= 15 is 0 Å². The predicted molar refractivity (Wildman–Crippen MR) is 55.6 cm³/mol. The van der Waals surface area contributed by atoms with Crippen LogP contribution in [0.2, 0.25) is 0 Å². The molecule has 2 aliphatic rings. The van der Waals surface area contributed by atoms with Crippen LogP contribution in [-0.4, -0.2) is 64.5 Å². The summed E-state index contributed by atoms with van der Waals surface area (Å²) in [6.45, 7) is 0.107. The van der Waals surface area contributed by atoms with Crippen molar-refractivity contribution in [2.24, 2.45) is 5.11 Å². The number of azide groups is 1. The first kappa shape index (κ1) is 13.1. The number of aliphatic hydroxyl groups is 2. The maximum absolute atomic E-state index is 10.9. The second kappa shape index (κ2) is 5.09. The van der Waals surface area contributed by atoms with Gasteiger partial charge in [-0.3, -0.25) is 0 Å². The van der Waals surface area contributed by atoms with Gasteiger partial charge in [0.1, 0.15) is 18.3 Å². The molecule has 2 saturated heterocycles. The van der Waals surface area contributed by atoms with Crippen LogP contribution in [0.15, 0.2) is 5.11 Å². The van der Waals surface area contributed by atoms with E-state index in [2.05, 4.69) is 10.0 Å². The first-order valence-corrected chi connectivity index (χ1v) is 5.44. The fraction of sp³-hybridized carbons (Fsp3) is 0.889. The number of aliphatic carboxylic acids is 1. The van der Waals surface area contributed by atoms with E-state index in [9.17, 15) is 15.0 Å². The van der Waals surface area contributed by atoms with Crippen LogP contribution in [0.5, 0.6) is 0 Å². The van der Waals surface area contributed by atoms with Crippen molar-refractivity contribution < 1.29 is 29.6 Å². The zero-order valence-corrected chi connectivity index (χ0v) is 9.29. The number of nitrogens with zero attached hydrogens (tertiary/aromatic N) is 3. The highest BCUT2D eigenvalue weighted by Crippen LogP contribution is 2.30. The van der Waals surface area contributed by atoms with Crippen LogP contribution in [0.1, 0.15) is 6.42 Å². The van der Waals surface area contributed by atoms with E-state index in [0.717, 1.165) is 0 Å². The molecule has 0 radical (unpaired) electrons. The van der Waals surface area contributed by atoms with Gasteiger partial charge in [-0.2, -0.15) is 0 Å². The third-order valence-electron chi connectivity index (χ3n) is 3.13. The fourth-order valence-corrected chi connectivity index (χ4v) is 2.25. The van der Waals surface area contributed by atoms with Crippen LogP contribution < -0.4 is 0 Å². The highest BCUT2D eigenvalue weighted by Gasteiger charge is 2.50. The minimum absolute atomic E-state index is 0.107. The van der Waals surface area contributed by atoms with Crippen molar-refractivity contribution in [1.82, 2.24) is 0 Å². The summed E-state index contributed by atoms with van der Waals surface area (Å²) < 4.78 is 10.5. The molecule has 18 heavy (non-hydrogen) atoms. The molecule has 9 heteroatoms. The van der Waals surface area contributed by atoms with Crippen molar-refractivity contribution in [2.45, 2.75) is 43.0 Å². The van der Waals surface area contributed by atoms with Crippen LogP contribution in [-0.2, 0) is 14.3 Å². The summed E-state index contributed by atoms with van der Waals surface area (Å²) in [5.74, 6) is -1.36. The molecule has 2 rings (SSSR count). The number of ether oxygens (including phenoxy) is 2. The Morgan fingerprint density at radius 1 is 1.39 bits per heavy atom. The number of fused-ring (bicyclic) bond motifs is 1. The molecule has 0 unspecified atom stereocenters. The highest BCUT2D eigenvalue weighted by molar-refractivity contribution is 5.73. The quantitative estimate of drug-likeness (QED) is 0.330. The molecule has 0 saturated carbocycles. The summed E-state index contributed by atoms with van der Waals surface area (Å²) in [6, 6.07) is -0.465. The minimum atomic E-state index is -1.54. The summed E-state index contributed by atoms with van der Waals surface area (Å²) in [5, 5.41) is 31.7. The Hall–Kier alpha value is -1.38. The Kier molecular flexibility index (Phi) is 3.69. The van der Waals surface area contributed by atoms with Gasteiger partial charge in [0.05, 0.1) is 18.8 Å². The first-order valence-electron chi connectivity index (χ1n) is 5.44. The lowest BCUT2D eigenvalue weighted by atomic mass is 9.90. The topological polar surface area (TPSA) is 145 Å². The summed E-state index contributed by atoms with van der Waals surface area (Å²) in [6.07, 6.45) is -5.65. The number of carboxylic acid groups (broad SMARTS) is 1. The Labute approximate surface area is 102 Å².